The molecular formula is C18H26Cl2F3N5O. The number of nitrogens with two attached hydrogens (primary N) is 1. The van der Waals surface area contributed by atoms with E-state index in [9.17, 15) is 18.0 Å². The van der Waals surface area contributed by atoms with Crippen molar-refractivity contribution < 1.29 is 18.0 Å². The highest BCUT2D eigenvalue weighted by atomic mass is 35.5. The molecule has 1 amide bonds. The number of H-pyrrole nitrogens is 1. The predicted molar refractivity (Wildman–Crippen MR) is 113 cm³/mol. The minimum absolute atomic E-state index is 0. The second kappa shape index (κ2) is 11.3. The number of fused-ring (bicyclic) bond motifs is 1. The summed E-state index contributed by atoms with van der Waals surface area (Å²) in [5, 5.41) is 7.57. The number of amides is 1. The summed E-state index contributed by atoms with van der Waals surface area (Å²) < 4.78 is 39.5. The van der Waals surface area contributed by atoms with Crippen LogP contribution in [-0.4, -0.2) is 52.8 Å². The Hall–Kier alpha value is -1.97. The van der Waals surface area contributed by atoms with Gasteiger partial charge in [0.25, 0.3) is 5.91 Å². The quantitative estimate of drug-likeness (QED) is 0.433. The van der Waals surface area contributed by atoms with Crippen LogP contribution in [0.25, 0.3) is 10.9 Å². The summed E-state index contributed by atoms with van der Waals surface area (Å²) in [5.74, 6) is -1.05. The average molecular weight is 456 g/mol. The molecule has 0 bridgehead atoms. The normalized spacial score (nSPS) is 11.1. The molecule has 11 heteroatoms. The first-order valence-electron chi connectivity index (χ1n) is 8.76. The number of hydrogen-bond acceptors (Lipinski definition) is 3. The smallest absolute Gasteiger partial charge is 0.370 e. The highest BCUT2D eigenvalue weighted by molar-refractivity contribution is 6.06. The minimum Gasteiger partial charge on any atom is -0.370 e. The van der Waals surface area contributed by atoms with E-state index in [1.165, 1.54) is 18.2 Å². The zero-order valence-electron chi connectivity index (χ0n) is 16.2. The molecule has 0 spiro atoms. The Kier molecular flexibility index (Phi) is 10.5. The van der Waals surface area contributed by atoms with Crippen LogP contribution in [-0.2, 0) is 6.18 Å². The summed E-state index contributed by atoms with van der Waals surface area (Å²) in [6, 6.07) is 4.89. The van der Waals surface area contributed by atoms with Crippen molar-refractivity contribution in [2.24, 2.45) is 5.73 Å². The van der Waals surface area contributed by atoms with Gasteiger partial charge in [0.15, 0.2) is 5.96 Å². The first-order valence-corrected chi connectivity index (χ1v) is 8.76. The molecule has 0 unspecified atom stereocenters. The fraction of sp³-hybridized carbons (Fsp3) is 0.444. The lowest BCUT2D eigenvalue weighted by Crippen LogP contribution is -2.43. The monoisotopic (exact) mass is 455 g/mol. The predicted octanol–water partition coefficient (Wildman–Crippen LogP) is 4.10. The molecule has 0 saturated carbocycles. The third kappa shape index (κ3) is 6.52. The molecule has 0 fully saturated rings. The Bertz CT molecular complexity index is 821. The fourth-order valence-corrected chi connectivity index (χ4v) is 2.99. The molecular weight excluding hydrogens is 430 g/mol. The second-order valence-electron chi connectivity index (χ2n) is 6.17. The van der Waals surface area contributed by atoms with E-state index in [2.05, 4.69) is 9.88 Å². The molecule has 0 radical (unpaired) electrons. The van der Waals surface area contributed by atoms with Crippen molar-refractivity contribution >= 4 is 47.6 Å². The standard InChI is InChI=1S/C18H24F3N5O.2ClH/c1-3-25(4-2)9-6-10-26(17(22)23)16(27)15-11-12-13(18(19,20)21)7-5-8-14(12)24-15;;/h5,7-8,11,24H,3-4,6,9-10H2,1-2H3,(H3,22,23);2*1H. The van der Waals surface area contributed by atoms with Crippen molar-refractivity contribution in [1.29, 1.82) is 5.41 Å². The maximum atomic E-state index is 13.2. The van der Waals surface area contributed by atoms with Crippen LogP contribution in [0.15, 0.2) is 24.3 Å². The number of guanidine groups is 1. The van der Waals surface area contributed by atoms with Crippen molar-refractivity contribution in [3.63, 3.8) is 0 Å². The van der Waals surface area contributed by atoms with Gasteiger partial charge in [-0.3, -0.25) is 15.1 Å². The zero-order valence-corrected chi connectivity index (χ0v) is 17.8. The number of nitrogens with one attached hydrogen (secondary N) is 2. The lowest BCUT2D eigenvalue weighted by Gasteiger charge is -2.23. The van der Waals surface area contributed by atoms with E-state index in [0.29, 0.717) is 6.42 Å². The van der Waals surface area contributed by atoms with Gasteiger partial charge in [0, 0.05) is 17.4 Å². The number of halogens is 5. The first-order chi connectivity index (χ1) is 12.7. The molecule has 1 aromatic heterocycles. The summed E-state index contributed by atoms with van der Waals surface area (Å²) in [7, 11) is 0. The summed E-state index contributed by atoms with van der Waals surface area (Å²) in [4.78, 5) is 18.7. The van der Waals surface area contributed by atoms with Crippen molar-refractivity contribution in [1.82, 2.24) is 14.8 Å². The van der Waals surface area contributed by atoms with Crippen LogP contribution in [0.4, 0.5) is 13.2 Å². The van der Waals surface area contributed by atoms with Gasteiger partial charge >= 0.3 is 6.18 Å². The maximum Gasteiger partial charge on any atom is 0.417 e. The number of hydrogen-bond donors (Lipinski definition) is 3. The molecule has 0 aliphatic rings. The SMILES string of the molecule is CCN(CC)CCCN(C(=N)N)C(=O)c1cc2c(C(F)(F)F)cccc2[nH]1.Cl.Cl. The van der Waals surface area contributed by atoms with Crippen molar-refractivity contribution in [2.75, 3.05) is 26.2 Å². The van der Waals surface area contributed by atoms with Gasteiger partial charge in [0.1, 0.15) is 5.69 Å². The molecule has 2 rings (SSSR count). The number of aromatic nitrogens is 1. The molecule has 29 heavy (non-hydrogen) atoms. The van der Waals surface area contributed by atoms with E-state index in [1.54, 1.807) is 0 Å². The topological polar surface area (TPSA) is 89.2 Å². The fourth-order valence-electron chi connectivity index (χ4n) is 2.99. The Morgan fingerprint density at radius 1 is 1.17 bits per heavy atom. The average Bonchev–Trinajstić information content (AvgIpc) is 3.04. The molecule has 164 valence electrons. The van der Waals surface area contributed by atoms with Crippen LogP contribution >= 0.6 is 24.8 Å². The van der Waals surface area contributed by atoms with E-state index < -0.39 is 23.6 Å². The van der Waals surface area contributed by atoms with Crippen LogP contribution < -0.4 is 5.73 Å². The Morgan fingerprint density at radius 2 is 1.79 bits per heavy atom. The summed E-state index contributed by atoms with van der Waals surface area (Å²) in [5.41, 5.74) is 4.90. The van der Waals surface area contributed by atoms with Crippen molar-refractivity contribution in [3.8, 4) is 0 Å². The van der Waals surface area contributed by atoms with Crippen molar-refractivity contribution in [2.45, 2.75) is 26.4 Å². The highest BCUT2D eigenvalue weighted by Crippen LogP contribution is 2.35. The molecule has 0 aliphatic heterocycles. The summed E-state index contributed by atoms with van der Waals surface area (Å²) in [6.45, 7) is 6.74. The van der Waals surface area contributed by atoms with Gasteiger partial charge in [-0.1, -0.05) is 19.9 Å². The van der Waals surface area contributed by atoms with Gasteiger partial charge in [-0.2, -0.15) is 13.2 Å². The van der Waals surface area contributed by atoms with E-state index in [0.717, 1.165) is 30.6 Å². The number of carbonyl (C=O) groups is 1. The minimum atomic E-state index is -4.52. The second-order valence-corrected chi connectivity index (χ2v) is 6.17. The molecule has 1 heterocycles. The van der Waals surface area contributed by atoms with Crippen LogP contribution in [0.3, 0.4) is 0 Å². The van der Waals surface area contributed by atoms with Gasteiger partial charge in [-0.05, 0) is 44.3 Å². The third-order valence-electron chi connectivity index (χ3n) is 4.49. The Balaban J connectivity index is 0.00000392. The van der Waals surface area contributed by atoms with Crippen LogP contribution in [0.1, 0.15) is 36.3 Å². The number of rotatable bonds is 7. The summed E-state index contributed by atoms with van der Waals surface area (Å²) >= 11 is 0. The lowest BCUT2D eigenvalue weighted by atomic mass is 10.1. The van der Waals surface area contributed by atoms with Crippen molar-refractivity contribution in [3.05, 3.63) is 35.5 Å². The van der Waals surface area contributed by atoms with Gasteiger partial charge in [0.05, 0.1) is 5.56 Å². The Labute approximate surface area is 179 Å². The maximum absolute atomic E-state index is 13.2. The molecule has 6 nitrogen and oxygen atoms in total. The van der Waals surface area contributed by atoms with Gasteiger partial charge in [-0.25, -0.2) is 0 Å². The number of aromatic amines is 1. The molecule has 0 saturated heterocycles. The molecule has 1 aromatic carbocycles. The number of alkyl halides is 3. The van der Waals surface area contributed by atoms with Crippen LogP contribution in [0.2, 0.25) is 0 Å². The highest BCUT2D eigenvalue weighted by Gasteiger charge is 2.33. The first kappa shape index (κ1) is 27.0. The molecule has 4 N–H and O–H groups in total. The molecule has 0 aliphatic carbocycles. The Morgan fingerprint density at radius 3 is 2.31 bits per heavy atom. The van der Waals surface area contributed by atoms with Gasteiger partial charge < -0.3 is 15.6 Å². The number of nitrogens with zero attached hydrogens (tertiary/aromatic N) is 2. The van der Waals surface area contributed by atoms with Crippen LogP contribution in [0.5, 0.6) is 0 Å². The molecule has 0 atom stereocenters. The lowest BCUT2D eigenvalue weighted by molar-refractivity contribution is -0.136. The van der Waals surface area contributed by atoms with E-state index in [4.69, 9.17) is 11.1 Å². The zero-order chi connectivity index (χ0) is 20.2. The number of benzene rings is 1. The van der Waals surface area contributed by atoms with Gasteiger partial charge in [0.2, 0.25) is 0 Å². The largest absolute Gasteiger partial charge is 0.417 e. The van der Waals surface area contributed by atoms with E-state index in [-0.39, 0.29) is 48.0 Å². The van der Waals surface area contributed by atoms with Gasteiger partial charge in [-0.15, -0.1) is 24.8 Å². The number of carbonyl (C=O) groups excluding carboxylic acids is 1. The summed E-state index contributed by atoms with van der Waals surface area (Å²) in [6.07, 6.45) is -3.92. The molecule has 2 aromatic rings. The van der Waals surface area contributed by atoms with E-state index >= 15 is 0 Å². The third-order valence-corrected chi connectivity index (χ3v) is 4.49. The van der Waals surface area contributed by atoms with Crippen LogP contribution in [0, 0.1) is 5.41 Å². The van der Waals surface area contributed by atoms with E-state index in [1.807, 2.05) is 13.8 Å².